The Bertz CT molecular complexity index is 558. The molecule has 0 radical (unpaired) electrons. The van der Waals surface area contributed by atoms with Crippen LogP contribution in [0.15, 0.2) is 18.2 Å². The molecule has 2 N–H and O–H groups in total. The zero-order valence-corrected chi connectivity index (χ0v) is 13.4. The Balaban J connectivity index is 1.67. The van der Waals surface area contributed by atoms with Gasteiger partial charge in [0.15, 0.2) is 0 Å². The van der Waals surface area contributed by atoms with Gasteiger partial charge in [0.1, 0.15) is 0 Å². The molecule has 1 aliphatic heterocycles. The number of amides is 1. The van der Waals surface area contributed by atoms with Gasteiger partial charge < -0.3 is 15.3 Å². The number of aliphatic hydroxyl groups is 1. The van der Waals surface area contributed by atoms with Crippen molar-refractivity contribution in [2.24, 2.45) is 0 Å². The number of carbonyl (C=O) groups excluding carboxylic acids is 1. The van der Waals surface area contributed by atoms with E-state index in [0.717, 1.165) is 31.5 Å². The van der Waals surface area contributed by atoms with Gasteiger partial charge >= 0.3 is 0 Å². The standard InChI is InChI=1S/C18H26N2O2/c1-20-11-5-10-18(22,13-20)12-17(21)19-16-9-4-7-14-6-2-3-8-15(14)16/h4,7,9,22H,2-3,5-6,8,10-13H2,1H3,(H,19,21). The molecule has 0 spiro atoms. The molecule has 1 saturated heterocycles. The van der Waals surface area contributed by atoms with Crippen molar-refractivity contribution in [2.45, 2.75) is 50.5 Å². The minimum Gasteiger partial charge on any atom is -0.388 e. The van der Waals surface area contributed by atoms with Crippen LogP contribution in [0, 0.1) is 0 Å². The number of likely N-dealkylation sites (tertiary alicyclic amines) is 1. The van der Waals surface area contributed by atoms with Gasteiger partial charge in [-0.15, -0.1) is 0 Å². The number of hydrogen-bond donors (Lipinski definition) is 2. The fraction of sp³-hybridized carbons (Fsp3) is 0.611. The minimum absolute atomic E-state index is 0.0724. The first-order valence-electron chi connectivity index (χ1n) is 8.37. The smallest absolute Gasteiger partial charge is 0.227 e. The normalized spacial score (nSPS) is 25.5. The molecule has 1 aliphatic carbocycles. The van der Waals surface area contributed by atoms with E-state index in [-0.39, 0.29) is 12.3 Å². The molecule has 2 aliphatic rings. The van der Waals surface area contributed by atoms with Crippen molar-refractivity contribution < 1.29 is 9.90 Å². The van der Waals surface area contributed by atoms with Crippen molar-refractivity contribution in [3.63, 3.8) is 0 Å². The van der Waals surface area contributed by atoms with Crippen molar-refractivity contribution in [2.75, 3.05) is 25.5 Å². The first-order chi connectivity index (χ1) is 10.6. The molecule has 1 fully saturated rings. The largest absolute Gasteiger partial charge is 0.388 e. The van der Waals surface area contributed by atoms with Gasteiger partial charge in [-0.2, -0.15) is 0 Å². The third kappa shape index (κ3) is 3.50. The van der Waals surface area contributed by atoms with E-state index in [1.54, 1.807) is 0 Å². The summed E-state index contributed by atoms with van der Waals surface area (Å²) in [5.74, 6) is -0.0724. The van der Waals surface area contributed by atoms with Crippen LogP contribution in [0.1, 0.15) is 43.2 Å². The topological polar surface area (TPSA) is 52.6 Å². The molecule has 1 aromatic carbocycles. The van der Waals surface area contributed by atoms with Crippen LogP contribution in [0.5, 0.6) is 0 Å². The van der Waals surface area contributed by atoms with E-state index in [1.807, 2.05) is 19.2 Å². The molecule has 1 amide bonds. The maximum Gasteiger partial charge on any atom is 0.227 e. The molecular weight excluding hydrogens is 276 g/mol. The summed E-state index contributed by atoms with van der Waals surface area (Å²) in [5, 5.41) is 13.7. The Morgan fingerprint density at radius 3 is 2.95 bits per heavy atom. The van der Waals surface area contributed by atoms with Crippen LogP contribution in [-0.2, 0) is 17.6 Å². The molecule has 4 heteroatoms. The summed E-state index contributed by atoms with van der Waals surface area (Å²) in [5.41, 5.74) is 2.70. The van der Waals surface area contributed by atoms with Gasteiger partial charge in [-0.25, -0.2) is 0 Å². The Morgan fingerprint density at radius 1 is 1.32 bits per heavy atom. The maximum absolute atomic E-state index is 12.4. The van der Waals surface area contributed by atoms with E-state index in [0.29, 0.717) is 13.0 Å². The number of benzene rings is 1. The van der Waals surface area contributed by atoms with Crippen LogP contribution in [0.2, 0.25) is 0 Å². The molecule has 1 heterocycles. The molecule has 1 unspecified atom stereocenters. The number of nitrogens with one attached hydrogen (secondary N) is 1. The van der Waals surface area contributed by atoms with E-state index < -0.39 is 5.60 Å². The maximum atomic E-state index is 12.4. The number of aryl methyl sites for hydroxylation is 1. The monoisotopic (exact) mass is 302 g/mol. The number of likely N-dealkylation sites (N-methyl/N-ethyl adjacent to an activating group) is 1. The predicted molar refractivity (Wildman–Crippen MR) is 88.0 cm³/mol. The Labute approximate surface area is 132 Å². The fourth-order valence-electron chi connectivity index (χ4n) is 3.87. The number of fused-ring (bicyclic) bond motifs is 1. The second-order valence-corrected chi connectivity index (χ2v) is 6.94. The summed E-state index contributed by atoms with van der Waals surface area (Å²) in [6.45, 7) is 1.57. The highest BCUT2D eigenvalue weighted by atomic mass is 16.3. The number of anilines is 1. The third-order valence-electron chi connectivity index (χ3n) is 4.91. The van der Waals surface area contributed by atoms with Crippen molar-refractivity contribution >= 4 is 11.6 Å². The van der Waals surface area contributed by atoms with Crippen LogP contribution in [0.4, 0.5) is 5.69 Å². The molecule has 0 saturated carbocycles. The lowest BCUT2D eigenvalue weighted by atomic mass is 9.88. The molecule has 120 valence electrons. The summed E-state index contributed by atoms with van der Waals surface area (Å²) < 4.78 is 0. The summed E-state index contributed by atoms with van der Waals surface area (Å²) in [4.78, 5) is 14.5. The van der Waals surface area contributed by atoms with E-state index in [2.05, 4.69) is 16.3 Å². The lowest BCUT2D eigenvalue weighted by Crippen LogP contribution is -2.48. The van der Waals surface area contributed by atoms with Gasteiger partial charge in [0.25, 0.3) is 0 Å². The van der Waals surface area contributed by atoms with Gasteiger partial charge in [-0.05, 0) is 69.3 Å². The number of piperidine rings is 1. The first kappa shape index (κ1) is 15.5. The molecule has 4 nitrogen and oxygen atoms in total. The fourth-order valence-corrected chi connectivity index (χ4v) is 3.87. The number of rotatable bonds is 3. The van der Waals surface area contributed by atoms with Crippen LogP contribution in [-0.4, -0.2) is 41.7 Å². The Morgan fingerprint density at radius 2 is 2.14 bits per heavy atom. The third-order valence-corrected chi connectivity index (χ3v) is 4.91. The van der Waals surface area contributed by atoms with Gasteiger partial charge in [-0.1, -0.05) is 12.1 Å². The van der Waals surface area contributed by atoms with E-state index in [1.165, 1.54) is 24.0 Å². The molecule has 0 aromatic heterocycles. The molecule has 22 heavy (non-hydrogen) atoms. The molecule has 0 bridgehead atoms. The lowest BCUT2D eigenvalue weighted by Gasteiger charge is -2.37. The van der Waals surface area contributed by atoms with Crippen LogP contribution >= 0.6 is 0 Å². The zero-order valence-electron chi connectivity index (χ0n) is 13.4. The molecular formula is C18H26N2O2. The summed E-state index contributed by atoms with van der Waals surface area (Å²) in [7, 11) is 2.00. The lowest BCUT2D eigenvalue weighted by molar-refractivity contribution is -0.123. The summed E-state index contributed by atoms with van der Waals surface area (Å²) in [6.07, 6.45) is 6.40. The Hall–Kier alpha value is -1.39. The van der Waals surface area contributed by atoms with Crippen molar-refractivity contribution in [3.05, 3.63) is 29.3 Å². The average Bonchev–Trinajstić information content (AvgIpc) is 2.46. The van der Waals surface area contributed by atoms with E-state index in [9.17, 15) is 9.90 Å². The second kappa shape index (κ2) is 6.39. The van der Waals surface area contributed by atoms with Crippen LogP contribution in [0.3, 0.4) is 0 Å². The summed E-state index contributed by atoms with van der Waals surface area (Å²) in [6, 6.07) is 6.16. The molecule has 1 aromatic rings. The molecule has 3 rings (SSSR count). The van der Waals surface area contributed by atoms with E-state index in [4.69, 9.17) is 0 Å². The highest BCUT2D eigenvalue weighted by Gasteiger charge is 2.34. The van der Waals surface area contributed by atoms with Crippen LogP contribution in [0.25, 0.3) is 0 Å². The van der Waals surface area contributed by atoms with Crippen LogP contribution < -0.4 is 5.32 Å². The van der Waals surface area contributed by atoms with Crippen molar-refractivity contribution in [3.8, 4) is 0 Å². The van der Waals surface area contributed by atoms with Gasteiger partial charge in [0.2, 0.25) is 5.91 Å². The van der Waals surface area contributed by atoms with Gasteiger partial charge in [0, 0.05) is 12.2 Å². The number of β-amino-alcohol motifs (C(OH)–C–C–N with tert-alkyl or cyclic N) is 1. The molecule has 1 atom stereocenters. The van der Waals surface area contributed by atoms with Gasteiger partial charge in [0.05, 0.1) is 12.0 Å². The highest BCUT2D eigenvalue weighted by molar-refractivity contribution is 5.92. The SMILES string of the molecule is CN1CCCC(O)(CC(=O)Nc2cccc3c2CCCC3)C1. The number of nitrogens with zero attached hydrogens (tertiary/aromatic N) is 1. The van der Waals surface area contributed by atoms with Crippen molar-refractivity contribution in [1.29, 1.82) is 0 Å². The summed E-state index contributed by atoms with van der Waals surface area (Å²) >= 11 is 0. The first-order valence-corrected chi connectivity index (χ1v) is 8.37. The van der Waals surface area contributed by atoms with Crippen molar-refractivity contribution in [1.82, 2.24) is 4.90 Å². The minimum atomic E-state index is -0.883. The zero-order chi connectivity index (χ0) is 15.6. The second-order valence-electron chi connectivity index (χ2n) is 6.94. The average molecular weight is 302 g/mol. The number of hydrogen-bond acceptors (Lipinski definition) is 3. The van der Waals surface area contributed by atoms with E-state index >= 15 is 0 Å². The number of carbonyl (C=O) groups is 1. The quantitative estimate of drug-likeness (QED) is 0.901. The highest BCUT2D eigenvalue weighted by Crippen LogP contribution is 2.29. The van der Waals surface area contributed by atoms with Gasteiger partial charge in [-0.3, -0.25) is 4.79 Å². The Kier molecular flexibility index (Phi) is 4.50. The predicted octanol–water partition coefficient (Wildman–Crippen LogP) is 2.35.